The monoisotopic (exact) mass is 255 g/mol. The molecule has 1 N–H and O–H groups in total. The third-order valence-electron chi connectivity index (χ3n) is 3.04. The lowest BCUT2D eigenvalue weighted by molar-refractivity contribution is 0.233. The van der Waals surface area contributed by atoms with Gasteiger partial charge in [-0.25, -0.2) is 0 Å². The molecule has 0 spiro atoms. The lowest BCUT2D eigenvalue weighted by Gasteiger charge is -2.18. The third-order valence-corrected chi connectivity index (χ3v) is 3.04. The van der Waals surface area contributed by atoms with Crippen molar-refractivity contribution in [1.82, 2.24) is 0 Å². The molecule has 1 unspecified atom stereocenters. The first-order valence-electron chi connectivity index (χ1n) is 6.68. The summed E-state index contributed by atoms with van der Waals surface area (Å²) in [6.45, 7) is 7.03. The highest BCUT2D eigenvalue weighted by atomic mass is 16.5. The van der Waals surface area contributed by atoms with Crippen molar-refractivity contribution < 1.29 is 4.74 Å². The molecule has 19 heavy (non-hydrogen) atoms. The lowest BCUT2D eigenvalue weighted by Crippen LogP contribution is -2.23. The Morgan fingerprint density at radius 3 is 2.53 bits per heavy atom. The second-order valence-corrected chi connectivity index (χ2v) is 4.94. The molecule has 0 radical (unpaired) electrons. The molecule has 0 aliphatic rings. The van der Waals surface area contributed by atoms with Crippen molar-refractivity contribution in [2.45, 2.75) is 26.9 Å². The molecule has 0 aliphatic heterocycles. The Balaban J connectivity index is 1.90. The summed E-state index contributed by atoms with van der Waals surface area (Å²) in [7, 11) is 0. The van der Waals surface area contributed by atoms with Gasteiger partial charge >= 0.3 is 0 Å². The van der Waals surface area contributed by atoms with Gasteiger partial charge in [-0.05, 0) is 50.1 Å². The quantitative estimate of drug-likeness (QED) is 0.865. The van der Waals surface area contributed by atoms with Gasteiger partial charge in [0.15, 0.2) is 0 Å². The zero-order valence-corrected chi connectivity index (χ0v) is 11.8. The molecule has 2 rings (SSSR count). The fourth-order valence-corrected chi connectivity index (χ4v) is 1.91. The minimum absolute atomic E-state index is 0.126. The van der Waals surface area contributed by atoms with Crippen molar-refractivity contribution in [1.29, 1.82) is 0 Å². The van der Waals surface area contributed by atoms with Crippen LogP contribution in [0.15, 0.2) is 48.5 Å². The maximum absolute atomic E-state index is 5.99. The lowest BCUT2D eigenvalue weighted by atomic mass is 10.1. The maximum Gasteiger partial charge on any atom is 0.122 e. The van der Waals surface area contributed by atoms with Crippen LogP contribution in [0.5, 0.6) is 5.75 Å². The summed E-state index contributed by atoms with van der Waals surface area (Å²) in [5.74, 6) is 0.974. The number of ether oxygens (including phenoxy) is 1. The largest absolute Gasteiger partial charge is 0.489 e. The molecule has 2 aromatic rings. The van der Waals surface area contributed by atoms with Crippen LogP contribution in [0.4, 0.5) is 5.69 Å². The van der Waals surface area contributed by atoms with E-state index in [-0.39, 0.29) is 6.10 Å². The molecule has 1 atom stereocenters. The molecule has 0 bridgehead atoms. The van der Waals surface area contributed by atoms with Crippen molar-refractivity contribution in [2.75, 3.05) is 11.9 Å². The third kappa shape index (κ3) is 4.02. The predicted molar refractivity (Wildman–Crippen MR) is 80.9 cm³/mol. The van der Waals surface area contributed by atoms with Crippen LogP contribution < -0.4 is 10.1 Å². The fraction of sp³-hybridized carbons (Fsp3) is 0.294. The molecule has 2 aromatic carbocycles. The van der Waals surface area contributed by atoms with Gasteiger partial charge in [0.25, 0.3) is 0 Å². The Labute approximate surface area is 115 Å². The van der Waals surface area contributed by atoms with Crippen LogP contribution in [0.25, 0.3) is 0 Å². The van der Waals surface area contributed by atoms with Crippen molar-refractivity contribution >= 4 is 5.69 Å². The van der Waals surface area contributed by atoms with Crippen molar-refractivity contribution in [3.63, 3.8) is 0 Å². The van der Waals surface area contributed by atoms with E-state index in [1.165, 1.54) is 11.1 Å². The van der Waals surface area contributed by atoms with Gasteiger partial charge in [-0.2, -0.15) is 0 Å². The highest BCUT2D eigenvalue weighted by molar-refractivity contribution is 5.42. The van der Waals surface area contributed by atoms with Gasteiger partial charge in [-0.1, -0.05) is 30.3 Å². The number of hydrogen-bond donors (Lipinski definition) is 1. The Morgan fingerprint density at radius 2 is 1.79 bits per heavy atom. The topological polar surface area (TPSA) is 21.3 Å². The second kappa shape index (κ2) is 6.28. The van der Waals surface area contributed by atoms with E-state index >= 15 is 0 Å². The number of aryl methyl sites for hydroxylation is 2. The van der Waals surface area contributed by atoms with Crippen LogP contribution in [0, 0.1) is 13.8 Å². The number of para-hydroxylation sites is 1. The predicted octanol–water partition coefficient (Wildman–Crippen LogP) is 4.18. The Hall–Kier alpha value is -1.96. The smallest absolute Gasteiger partial charge is 0.122 e. The second-order valence-electron chi connectivity index (χ2n) is 4.94. The van der Waals surface area contributed by atoms with E-state index in [9.17, 15) is 0 Å². The molecule has 0 amide bonds. The van der Waals surface area contributed by atoms with Gasteiger partial charge < -0.3 is 10.1 Å². The Bertz CT molecular complexity index is 522. The van der Waals surface area contributed by atoms with Gasteiger partial charge in [0.05, 0.1) is 6.54 Å². The summed E-state index contributed by atoms with van der Waals surface area (Å²) in [6, 6.07) is 16.5. The van der Waals surface area contributed by atoms with E-state index in [1.807, 2.05) is 18.2 Å². The Morgan fingerprint density at radius 1 is 1.05 bits per heavy atom. The fourth-order valence-electron chi connectivity index (χ4n) is 1.91. The minimum Gasteiger partial charge on any atom is -0.489 e. The molecule has 0 heterocycles. The van der Waals surface area contributed by atoms with E-state index in [1.54, 1.807) is 0 Å². The standard InChI is InChI=1S/C17H21NO/c1-13-9-10-14(2)17(11-13)19-15(3)12-18-16-7-5-4-6-8-16/h4-11,15,18H,12H2,1-3H3. The van der Waals surface area contributed by atoms with Crippen LogP contribution in [0.3, 0.4) is 0 Å². The van der Waals surface area contributed by atoms with Crippen molar-refractivity contribution in [3.05, 3.63) is 59.7 Å². The van der Waals surface area contributed by atoms with Gasteiger partial charge in [-0.3, -0.25) is 0 Å². The molecule has 0 fully saturated rings. The summed E-state index contributed by atoms with van der Waals surface area (Å²) in [5.41, 5.74) is 3.53. The summed E-state index contributed by atoms with van der Waals surface area (Å²) in [6.07, 6.45) is 0.126. The van der Waals surface area contributed by atoms with Gasteiger partial charge in [-0.15, -0.1) is 0 Å². The number of anilines is 1. The molecule has 0 aliphatic carbocycles. The molecule has 0 saturated heterocycles. The summed E-state index contributed by atoms with van der Waals surface area (Å²) in [5, 5.41) is 3.37. The van der Waals surface area contributed by atoms with Gasteiger partial charge in [0.1, 0.15) is 11.9 Å². The average Bonchev–Trinajstić information content (AvgIpc) is 2.42. The molecule has 0 saturated carbocycles. The number of benzene rings is 2. The molecule has 2 heteroatoms. The van der Waals surface area contributed by atoms with Crippen LogP contribution in [0.1, 0.15) is 18.1 Å². The van der Waals surface area contributed by atoms with Gasteiger partial charge in [0, 0.05) is 5.69 Å². The highest BCUT2D eigenvalue weighted by Gasteiger charge is 2.06. The summed E-state index contributed by atoms with van der Waals surface area (Å²) in [4.78, 5) is 0. The first-order chi connectivity index (χ1) is 9.15. The summed E-state index contributed by atoms with van der Waals surface area (Å²) < 4.78 is 5.99. The van der Waals surface area contributed by atoms with E-state index in [4.69, 9.17) is 4.74 Å². The van der Waals surface area contributed by atoms with Crippen LogP contribution in [0.2, 0.25) is 0 Å². The SMILES string of the molecule is Cc1ccc(C)c(OC(C)CNc2ccccc2)c1. The first-order valence-corrected chi connectivity index (χ1v) is 6.68. The van der Waals surface area contributed by atoms with Crippen molar-refractivity contribution in [3.8, 4) is 5.75 Å². The van der Waals surface area contributed by atoms with Crippen LogP contribution >= 0.6 is 0 Å². The average molecular weight is 255 g/mol. The van der Waals surface area contributed by atoms with E-state index < -0.39 is 0 Å². The van der Waals surface area contributed by atoms with E-state index in [0.29, 0.717) is 0 Å². The molecule has 0 aromatic heterocycles. The number of hydrogen-bond acceptors (Lipinski definition) is 2. The van der Waals surface area contributed by atoms with E-state index in [0.717, 1.165) is 18.0 Å². The zero-order chi connectivity index (χ0) is 13.7. The normalized spacial score (nSPS) is 11.9. The molecular formula is C17H21NO. The number of nitrogens with one attached hydrogen (secondary N) is 1. The molecule has 100 valence electrons. The molecular weight excluding hydrogens is 234 g/mol. The Kier molecular flexibility index (Phi) is 4.45. The summed E-state index contributed by atoms with van der Waals surface area (Å²) >= 11 is 0. The maximum atomic E-state index is 5.99. The minimum atomic E-state index is 0.126. The van der Waals surface area contributed by atoms with Gasteiger partial charge in [0.2, 0.25) is 0 Å². The molecule has 2 nitrogen and oxygen atoms in total. The first kappa shape index (κ1) is 13.5. The number of rotatable bonds is 5. The van der Waals surface area contributed by atoms with Crippen molar-refractivity contribution in [2.24, 2.45) is 0 Å². The van der Waals surface area contributed by atoms with E-state index in [2.05, 4.69) is 56.4 Å². The van der Waals surface area contributed by atoms with Crippen LogP contribution in [-0.4, -0.2) is 12.6 Å². The zero-order valence-electron chi connectivity index (χ0n) is 11.8. The van der Waals surface area contributed by atoms with Crippen LogP contribution in [-0.2, 0) is 0 Å². The highest BCUT2D eigenvalue weighted by Crippen LogP contribution is 2.20.